The Morgan fingerprint density at radius 1 is 1.64 bits per heavy atom. The second-order valence-corrected chi connectivity index (χ2v) is 3.71. The number of fused-ring (bicyclic) bond motifs is 1. The van der Waals surface area contributed by atoms with Crippen molar-refractivity contribution in [2.75, 3.05) is 0 Å². The predicted octanol–water partition coefficient (Wildman–Crippen LogP) is 1.94. The molecule has 0 amide bonds. The minimum absolute atomic E-state index is 0.572. The van der Waals surface area contributed by atoms with Crippen LogP contribution >= 0.6 is 15.9 Å². The van der Waals surface area contributed by atoms with Crippen molar-refractivity contribution >= 4 is 15.9 Å². The Balaban J connectivity index is 2.43. The van der Waals surface area contributed by atoms with Gasteiger partial charge in [0.15, 0.2) is 0 Å². The zero-order valence-corrected chi connectivity index (χ0v) is 8.00. The van der Waals surface area contributed by atoms with E-state index in [2.05, 4.69) is 32.9 Å². The number of aryl methyl sites for hydroxylation is 1. The predicted molar refractivity (Wildman–Crippen MR) is 45.4 cm³/mol. The highest BCUT2D eigenvalue weighted by atomic mass is 79.9. The van der Waals surface area contributed by atoms with E-state index in [4.69, 9.17) is 0 Å². The maximum absolute atomic E-state index is 4.30. The van der Waals surface area contributed by atoms with E-state index in [9.17, 15) is 0 Å². The average Bonchev–Trinajstić information content (AvgIpc) is 2.31. The summed E-state index contributed by atoms with van der Waals surface area (Å²) in [5.41, 5.74) is 0. The summed E-state index contributed by atoms with van der Waals surface area (Å²) < 4.78 is 2.72. The second kappa shape index (κ2) is 2.59. The van der Waals surface area contributed by atoms with Crippen LogP contribution in [0.4, 0.5) is 0 Å². The minimum atomic E-state index is 0.572. The molecular formula is C7H10BrN3. The second-order valence-electron chi connectivity index (χ2n) is 3.01. The lowest BCUT2D eigenvalue weighted by atomic mass is 10.0. The van der Waals surface area contributed by atoms with Crippen LogP contribution in [-0.4, -0.2) is 14.8 Å². The Bertz CT molecular complexity index is 269. The average molecular weight is 216 g/mol. The van der Waals surface area contributed by atoms with E-state index in [1.165, 1.54) is 12.8 Å². The summed E-state index contributed by atoms with van der Waals surface area (Å²) in [5.74, 6) is 1.70. The lowest BCUT2D eigenvalue weighted by Crippen LogP contribution is -2.14. The van der Waals surface area contributed by atoms with E-state index >= 15 is 0 Å². The molecule has 0 fully saturated rings. The highest BCUT2D eigenvalue weighted by Crippen LogP contribution is 2.25. The van der Waals surface area contributed by atoms with E-state index in [1.807, 2.05) is 4.68 Å². The maximum Gasteiger partial charge on any atom is 0.217 e. The lowest BCUT2D eigenvalue weighted by Gasteiger charge is -2.17. The normalized spacial score (nSPS) is 23.3. The van der Waals surface area contributed by atoms with Crippen molar-refractivity contribution in [1.29, 1.82) is 0 Å². The standard InChI is InChI=1S/C7H10BrN3/c1-5-3-2-4-11-6(5)9-7(8)10-11/h5H,2-4H2,1H3. The number of nitrogens with zero attached hydrogens (tertiary/aromatic N) is 3. The van der Waals surface area contributed by atoms with E-state index in [-0.39, 0.29) is 0 Å². The molecule has 2 heterocycles. The fourth-order valence-corrected chi connectivity index (χ4v) is 1.90. The van der Waals surface area contributed by atoms with Gasteiger partial charge >= 0.3 is 0 Å². The molecule has 0 bridgehead atoms. The summed E-state index contributed by atoms with van der Waals surface area (Å²) in [6.07, 6.45) is 2.47. The highest BCUT2D eigenvalue weighted by molar-refractivity contribution is 9.10. The Hall–Kier alpha value is -0.380. The van der Waals surface area contributed by atoms with Crippen LogP contribution in [0.2, 0.25) is 0 Å². The Kier molecular flexibility index (Phi) is 1.71. The molecule has 60 valence electrons. The number of hydrogen-bond acceptors (Lipinski definition) is 2. The fourth-order valence-electron chi connectivity index (χ4n) is 1.53. The monoisotopic (exact) mass is 215 g/mol. The molecule has 0 spiro atoms. The van der Waals surface area contributed by atoms with Crippen LogP contribution < -0.4 is 0 Å². The first-order chi connectivity index (χ1) is 5.27. The van der Waals surface area contributed by atoms with E-state index in [1.54, 1.807) is 0 Å². The van der Waals surface area contributed by atoms with Gasteiger partial charge in [0.25, 0.3) is 0 Å². The molecule has 1 aliphatic heterocycles. The van der Waals surface area contributed by atoms with Crippen LogP contribution in [0.5, 0.6) is 0 Å². The molecule has 3 nitrogen and oxygen atoms in total. The van der Waals surface area contributed by atoms with Gasteiger partial charge in [-0.25, -0.2) is 9.67 Å². The summed E-state index contributed by atoms with van der Waals surface area (Å²) in [5, 5.41) is 4.22. The molecule has 0 radical (unpaired) electrons. The largest absolute Gasteiger partial charge is 0.249 e. The molecule has 2 rings (SSSR count). The molecule has 0 aliphatic carbocycles. The Labute approximate surface area is 73.9 Å². The van der Waals surface area contributed by atoms with Gasteiger partial charge in [0, 0.05) is 12.5 Å². The van der Waals surface area contributed by atoms with Gasteiger partial charge < -0.3 is 0 Å². The third kappa shape index (κ3) is 1.20. The molecule has 0 N–H and O–H groups in total. The van der Waals surface area contributed by atoms with Crippen LogP contribution in [0.15, 0.2) is 4.73 Å². The van der Waals surface area contributed by atoms with Gasteiger partial charge in [-0.3, -0.25) is 0 Å². The van der Waals surface area contributed by atoms with Gasteiger partial charge in [-0.05, 0) is 28.8 Å². The van der Waals surface area contributed by atoms with Crippen molar-refractivity contribution in [3.05, 3.63) is 10.6 Å². The number of hydrogen-bond donors (Lipinski definition) is 0. The van der Waals surface area contributed by atoms with Crippen molar-refractivity contribution in [2.45, 2.75) is 32.2 Å². The zero-order chi connectivity index (χ0) is 7.84. The van der Waals surface area contributed by atoms with E-state index in [0.717, 1.165) is 17.1 Å². The molecule has 1 unspecified atom stereocenters. The molecule has 1 aliphatic rings. The summed E-state index contributed by atoms with van der Waals surface area (Å²) >= 11 is 3.28. The van der Waals surface area contributed by atoms with Gasteiger partial charge in [0.1, 0.15) is 5.82 Å². The molecule has 1 aromatic heterocycles. The van der Waals surface area contributed by atoms with Gasteiger partial charge in [-0.1, -0.05) is 6.92 Å². The summed E-state index contributed by atoms with van der Waals surface area (Å²) in [6, 6.07) is 0. The van der Waals surface area contributed by atoms with Crippen molar-refractivity contribution < 1.29 is 0 Å². The number of rotatable bonds is 0. The summed E-state index contributed by atoms with van der Waals surface area (Å²) in [7, 11) is 0. The zero-order valence-electron chi connectivity index (χ0n) is 6.42. The van der Waals surface area contributed by atoms with Crippen LogP contribution in [0, 0.1) is 0 Å². The van der Waals surface area contributed by atoms with Crippen LogP contribution in [0.1, 0.15) is 31.5 Å². The van der Waals surface area contributed by atoms with E-state index in [0.29, 0.717) is 5.92 Å². The summed E-state index contributed by atoms with van der Waals surface area (Å²) in [4.78, 5) is 4.30. The van der Waals surface area contributed by atoms with Crippen LogP contribution in [0.25, 0.3) is 0 Å². The van der Waals surface area contributed by atoms with Crippen LogP contribution in [0.3, 0.4) is 0 Å². The SMILES string of the molecule is CC1CCCn2nc(Br)nc21. The van der Waals surface area contributed by atoms with Gasteiger partial charge in [0.05, 0.1) is 0 Å². The van der Waals surface area contributed by atoms with Crippen LogP contribution in [-0.2, 0) is 6.54 Å². The Morgan fingerprint density at radius 2 is 2.45 bits per heavy atom. The number of aromatic nitrogens is 3. The molecule has 0 saturated carbocycles. The Morgan fingerprint density at radius 3 is 3.18 bits per heavy atom. The van der Waals surface area contributed by atoms with Gasteiger partial charge in [0.2, 0.25) is 4.73 Å². The van der Waals surface area contributed by atoms with Crippen molar-refractivity contribution in [3.63, 3.8) is 0 Å². The quantitative estimate of drug-likeness (QED) is 0.663. The summed E-state index contributed by atoms with van der Waals surface area (Å²) in [6.45, 7) is 3.23. The molecular weight excluding hydrogens is 206 g/mol. The third-order valence-corrected chi connectivity index (χ3v) is 2.46. The first-order valence-corrected chi connectivity index (χ1v) is 4.67. The first-order valence-electron chi connectivity index (χ1n) is 3.87. The fraction of sp³-hybridized carbons (Fsp3) is 0.714. The molecule has 11 heavy (non-hydrogen) atoms. The third-order valence-electron chi connectivity index (χ3n) is 2.12. The first kappa shape index (κ1) is 7.28. The molecule has 0 aromatic carbocycles. The number of halogens is 1. The van der Waals surface area contributed by atoms with Crippen molar-refractivity contribution in [1.82, 2.24) is 14.8 Å². The highest BCUT2D eigenvalue weighted by Gasteiger charge is 2.19. The van der Waals surface area contributed by atoms with E-state index < -0.39 is 0 Å². The minimum Gasteiger partial charge on any atom is -0.249 e. The maximum atomic E-state index is 4.30. The molecule has 1 aromatic rings. The topological polar surface area (TPSA) is 30.7 Å². The smallest absolute Gasteiger partial charge is 0.217 e. The molecule has 0 saturated heterocycles. The lowest BCUT2D eigenvalue weighted by molar-refractivity contribution is 0.432. The van der Waals surface area contributed by atoms with Crippen molar-refractivity contribution in [3.8, 4) is 0 Å². The van der Waals surface area contributed by atoms with Gasteiger partial charge in [-0.2, -0.15) is 0 Å². The van der Waals surface area contributed by atoms with Crippen molar-refractivity contribution in [2.24, 2.45) is 0 Å². The molecule has 4 heteroatoms. The molecule has 1 atom stereocenters. The van der Waals surface area contributed by atoms with Gasteiger partial charge in [-0.15, -0.1) is 5.10 Å².